The zero-order valence-corrected chi connectivity index (χ0v) is 7.62. The van der Waals surface area contributed by atoms with Crippen molar-refractivity contribution >= 4 is 10.9 Å². The summed E-state index contributed by atoms with van der Waals surface area (Å²) in [6.07, 6.45) is 7.31. The van der Waals surface area contributed by atoms with Gasteiger partial charge >= 0.3 is 0 Å². The maximum atomic E-state index is 5.28. The molecule has 0 aliphatic heterocycles. The van der Waals surface area contributed by atoms with Crippen LogP contribution >= 0.6 is 0 Å². The van der Waals surface area contributed by atoms with E-state index in [1.54, 1.807) is 0 Å². The van der Waals surface area contributed by atoms with Crippen LogP contribution in [0.3, 0.4) is 0 Å². The fourth-order valence-corrected chi connectivity index (χ4v) is 1.53. The van der Waals surface area contributed by atoms with Crippen LogP contribution in [0, 0.1) is 19.3 Å². The van der Waals surface area contributed by atoms with E-state index in [0.29, 0.717) is 6.54 Å². The van der Waals surface area contributed by atoms with Crippen molar-refractivity contribution in [1.29, 1.82) is 0 Å². The van der Waals surface area contributed by atoms with E-state index in [-0.39, 0.29) is 0 Å². The van der Waals surface area contributed by atoms with E-state index in [9.17, 15) is 0 Å². The smallest absolute Gasteiger partial charge is 0.0834 e. The van der Waals surface area contributed by atoms with Crippen molar-refractivity contribution in [1.82, 2.24) is 4.57 Å². The van der Waals surface area contributed by atoms with Crippen LogP contribution in [0.2, 0.25) is 0 Å². The summed E-state index contributed by atoms with van der Waals surface area (Å²) in [6, 6.07) is 8.49. The lowest BCUT2D eigenvalue weighted by Gasteiger charge is -2.00. The first-order valence-corrected chi connectivity index (χ1v) is 4.30. The molecule has 0 radical (unpaired) electrons. The molecule has 1 heteroatoms. The van der Waals surface area contributed by atoms with Gasteiger partial charge in [-0.05, 0) is 30.0 Å². The fraction of sp³-hybridized carbons (Fsp3) is 0.167. The third kappa shape index (κ3) is 1.31. The minimum absolute atomic E-state index is 0.646. The van der Waals surface area contributed by atoms with Crippen LogP contribution in [0.4, 0.5) is 0 Å². The molecular weight excluding hydrogens is 158 g/mol. The minimum atomic E-state index is 0.646. The Balaban J connectivity index is 2.66. The van der Waals surface area contributed by atoms with Crippen LogP contribution in [-0.2, 0) is 6.54 Å². The summed E-state index contributed by atoms with van der Waals surface area (Å²) in [4.78, 5) is 0. The summed E-state index contributed by atoms with van der Waals surface area (Å²) in [5, 5.41) is 1.25. The Bertz CT molecular complexity index is 471. The Morgan fingerprint density at radius 3 is 3.00 bits per heavy atom. The maximum Gasteiger partial charge on any atom is 0.0834 e. The summed E-state index contributed by atoms with van der Waals surface area (Å²) < 4.78 is 2.09. The summed E-state index contributed by atoms with van der Waals surface area (Å²) in [5.74, 6) is 2.64. The van der Waals surface area contributed by atoms with Crippen molar-refractivity contribution in [3.8, 4) is 12.3 Å². The van der Waals surface area contributed by atoms with E-state index in [0.717, 1.165) is 0 Å². The van der Waals surface area contributed by atoms with Gasteiger partial charge in [0.2, 0.25) is 0 Å². The van der Waals surface area contributed by atoms with Gasteiger partial charge < -0.3 is 4.57 Å². The van der Waals surface area contributed by atoms with Gasteiger partial charge in [-0.25, -0.2) is 0 Å². The molecule has 13 heavy (non-hydrogen) atoms. The highest BCUT2D eigenvalue weighted by molar-refractivity contribution is 5.80. The van der Waals surface area contributed by atoms with Crippen LogP contribution < -0.4 is 0 Å². The van der Waals surface area contributed by atoms with Gasteiger partial charge in [0.05, 0.1) is 6.54 Å². The number of aromatic nitrogens is 1. The number of nitrogens with zero attached hydrogens (tertiary/aromatic N) is 1. The molecular formula is C12H11N. The second-order valence-corrected chi connectivity index (χ2v) is 3.21. The van der Waals surface area contributed by atoms with Crippen LogP contribution in [-0.4, -0.2) is 4.57 Å². The lowest BCUT2D eigenvalue weighted by atomic mass is 10.2. The normalized spacial score (nSPS) is 10.2. The number of rotatable bonds is 1. The largest absolute Gasteiger partial charge is 0.336 e. The summed E-state index contributed by atoms with van der Waals surface area (Å²) in [6.45, 7) is 2.74. The Morgan fingerprint density at radius 1 is 1.38 bits per heavy atom. The zero-order chi connectivity index (χ0) is 9.26. The van der Waals surface area contributed by atoms with Gasteiger partial charge in [0.25, 0.3) is 0 Å². The van der Waals surface area contributed by atoms with E-state index in [4.69, 9.17) is 6.42 Å². The SMILES string of the molecule is C#CCn1ccc2ccc(C)cc21. The third-order valence-corrected chi connectivity index (χ3v) is 2.19. The van der Waals surface area contributed by atoms with Gasteiger partial charge in [-0.2, -0.15) is 0 Å². The van der Waals surface area contributed by atoms with Crippen molar-refractivity contribution in [2.45, 2.75) is 13.5 Å². The predicted octanol–water partition coefficient (Wildman–Crippen LogP) is 2.58. The number of benzene rings is 1. The highest BCUT2D eigenvalue weighted by atomic mass is 14.9. The molecule has 0 fully saturated rings. The van der Waals surface area contributed by atoms with Gasteiger partial charge in [-0.1, -0.05) is 18.1 Å². The maximum absolute atomic E-state index is 5.28. The molecule has 1 aromatic heterocycles. The molecule has 64 valence electrons. The molecule has 0 N–H and O–H groups in total. The van der Waals surface area contributed by atoms with Crippen molar-refractivity contribution in [2.75, 3.05) is 0 Å². The number of hydrogen-bond donors (Lipinski definition) is 0. The molecule has 0 aliphatic rings. The molecule has 1 aromatic carbocycles. The molecule has 0 unspecified atom stereocenters. The molecule has 0 atom stereocenters. The first kappa shape index (κ1) is 7.94. The molecule has 0 spiro atoms. The van der Waals surface area contributed by atoms with Crippen molar-refractivity contribution in [3.63, 3.8) is 0 Å². The first-order valence-electron chi connectivity index (χ1n) is 4.30. The zero-order valence-electron chi connectivity index (χ0n) is 7.62. The van der Waals surface area contributed by atoms with E-state index < -0.39 is 0 Å². The van der Waals surface area contributed by atoms with Crippen LogP contribution in [0.1, 0.15) is 5.56 Å². The van der Waals surface area contributed by atoms with Gasteiger partial charge in [0.1, 0.15) is 0 Å². The lowest BCUT2D eigenvalue weighted by Crippen LogP contribution is -1.92. The fourth-order valence-electron chi connectivity index (χ4n) is 1.53. The van der Waals surface area contributed by atoms with Gasteiger partial charge in [0.15, 0.2) is 0 Å². The molecule has 0 saturated heterocycles. The second kappa shape index (κ2) is 2.99. The van der Waals surface area contributed by atoms with E-state index in [1.807, 2.05) is 6.20 Å². The summed E-state index contributed by atoms with van der Waals surface area (Å²) in [7, 11) is 0. The Labute approximate surface area is 78.0 Å². The molecule has 0 saturated carbocycles. The van der Waals surface area contributed by atoms with E-state index >= 15 is 0 Å². The summed E-state index contributed by atoms with van der Waals surface area (Å²) in [5.41, 5.74) is 2.49. The second-order valence-electron chi connectivity index (χ2n) is 3.21. The molecule has 2 aromatic rings. The van der Waals surface area contributed by atoms with E-state index in [2.05, 4.69) is 41.7 Å². The summed E-state index contributed by atoms with van der Waals surface area (Å²) >= 11 is 0. The molecule has 0 bridgehead atoms. The van der Waals surface area contributed by atoms with Crippen LogP contribution in [0.15, 0.2) is 30.5 Å². The lowest BCUT2D eigenvalue weighted by molar-refractivity contribution is 0.886. The van der Waals surface area contributed by atoms with Crippen molar-refractivity contribution in [3.05, 3.63) is 36.0 Å². The number of aryl methyl sites for hydroxylation is 1. The molecule has 1 nitrogen and oxygen atoms in total. The number of terminal acetylenes is 1. The predicted molar refractivity (Wildman–Crippen MR) is 55.5 cm³/mol. The average molecular weight is 169 g/mol. The first-order chi connectivity index (χ1) is 6.31. The quantitative estimate of drug-likeness (QED) is 0.578. The highest BCUT2D eigenvalue weighted by Crippen LogP contribution is 2.16. The number of fused-ring (bicyclic) bond motifs is 1. The third-order valence-electron chi connectivity index (χ3n) is 2.19. The van der Waals surface area contributed by atoms with Crippen molar-refractivity contribution < 1.29 is 0 Å². The standard InChI is InChI=1S/C12H11N/c1-3-7-13-8-6-11-5-4-10(2)9-12(11)13/h1,4-6,8-9H,7H2,2H3. The minimum Gasteiger partial charge on any atom is -0.336 e. The molecule has 0 amide bonds. The Morgan fingerprint density at radius 2 is 2.23 bits per heavy atom. The van der Waals surface area contributed by atoms with Crippen LogP contribution in [0.5, 0.6) is 0 Å². The number of hydrogen-bond acceptors (Lipinski definition) is 0. The van der Waals surface area contributed by atoms with Gasteiger partial charge in [0, 0.05) is 11.7 Å². The Kier molecular flexibility index (Phi) is 1.83. The van der Waals surface area contributed by atoms with Crippen LogP contribution in [0.25, 0.3) is 10.9 Å². The highest BCUT2D eigenvalue weighted by Gasteiger charge is 1.98. The molecule has 2 rings (SSSR count). The topological polar surface area (TPSA) is 4.93 Å². The van der Waals surface area contributed by atoms with Crippen molar-refractivity contribution in [2.24, 2.45) is 0 Å². The molecule has 1 heterocycles. The molecule has 0 aliphatic carbocycles. The van der Waals surface area contributed by atoms with E-state index in [1.165, 1.54) is 16.5 Å². The average Bonchev–Trinajstić information content (AvgIpc) is 2.49. The van der Waals surface area contributed by atoms with Gasteiger partial charge in [-0.3, -0.25) is 0 Å². The monoisotopic (exact) mass is 169 g/mol. The Hall–Kier alpha value is -1.68. The van der Waals surface area contributed by atoms with Gasteiger partial charge in [-0.15, -0.1) is 6.42 Å².